The Hall–Kier alpha value is 0.950. The summed E-state index contributed by atoms with van der Waals surface area (Å²) in [6, 6.07) is 8.87. The molecule has 0 aliphatic carbocycles. The fraction of sp³-hybridized carbons (Fsp3) is 0.769. The molecule has 0 bridgehead atoms. The summed E-state index contributed by atoms with van der Waals surface area (Å²) in [4.78, 5) is 0. The standard InChI is InChI=1S/C26H45I.Na.H/c1-3-4-5-6-7-8-9-10-11-12-13-14-15-16-17-22-26(27)23-25-21-19-18-20-24(25)2;;/h18-21,26H,3-17,22-23H2,1-2H3;;. The van der Waals surface area contributed by atoms with Crippen LogP contribution in [0, 0.1) is 6.92 Å². The van der Waals surface area contributed by atoms with Crippen LogP contribution in [-0.2, 0) is 6.42 Å². The maximum atomic E-state index is 2.66. The normalized spacial score (nSPS) is 12.0. The van der Waals surface area contributed by atoms with E-state index in [1.807, 2.05) is 0 Å². The molecule has 2 heteroatoms. The Morgan fingerprint density at radius 1 is 0.679 bits per heavy atom. The molecule has 1 aromatic rings. The van der Waals surface area contributed by atoms with E-state index in [0.717, 1.165) is 3.92 Å². The number of halogens is 1. The van der Waals surface area contributed by atoms with Crippen LogP contribution in [0.1, 0.15) is 121 Å². The van der Waals surface area contributed by atoms with Crippen LogP contribution in [0.5, 0.6) is 0 Å². The third-order valence-corrected chi connectivity index (χ3v) is 6.89. The van der Waals surface area contributed by atoms with Crippen LogP contribution in [-0.4, -0.2) is 33.5 Å². The van der Waals surface area contributed by atoms with E-state index in [1.165, 1.54) is 120 Å². The van der Waals surface area contributed by atoms with Crippen molar-refractivity contribution in [1.29, 1.82) is 0 Å². The second kappa shape index (κ2) is 21.2. The topological polar surface area (TPSA) is 0 Å². The van der Waals surface area contributed by atoms with Crippen molar-refractivity contribution in [3.05, 3.63) is 35.4 Å². The van der Waals surface area contributed by atoms with E-state index in [-0.39, 0.29) is 29.6 Å². The number of rotatable bonds is 18. The Labute approximate surface area is 212 Å². The molecular weight excluding hydrogens is 462 g/mol. The van der Waals surface area contributed by atoms with Gasteiger partial charge < -0.3 is 0 Å². The van der Waals surface area contributed by atoms with Gasteiger partial charge >= 0.3 is 29.6 Å². The SMILES string of the molecule is CCCCCCCCCCCCCCCCCC(I)Cc1ccccc1C.[NaH]. The number of alkyl halides is 1. The van der Waals surface area contributed by atoms with Crippen molar-refractivity contribution in [2.24, 2.45) is 0 Å². The molecule has 1 rings (SSSR count). The maximum absolute atomic E-state index is 2.66. The molecule has 1 unspecified atom stereocenters. The molecule has 0 spiro atoms. The third kappa shape index (κ3) is 16.7. The molecule has 0 aliphatic rings. The van der Waals surface area contributed by atoms with Crippen molar-refractivity contribution in [3.63, 3.8) is 0 Å². The van der Waals surface area contributed by atoms with E-state index in [2.05, 4.69) is 60.7 Å². The molecule has 1 atom stereocenters. The van der Waals surface area contributed by atoms with Gasteiger partial charge in [-0.15, -0.1) is 0 Å². The summed E-state index contributed by atoms with van der Waals surface area (Å²) in [5.41, 5.74) is 2.99. The Bertz CT molecular complexity index is 446. The molecule has 0 saturated heterocycles. The van der Waals surface area contributed by atoms with Crippen molar-refractivity contribution in [3.8, 4) is 0 Å². The summed E-state index contributed by atoms with van der Waals surface area (Å²) < 4.78 is 0.797. The van der Waals surface area contributed by atoms with E-state index in [4.69, 9.17) is 0 Å². The van der Waals surface area contributed by atoms with Gasteiger partial charge in [0.2, 0.25) is 0 Å². The van der Waals surface area contributed by atoms with Crippen LogP contribution in [0.25, 0.3) is 0 Å². The zero-order valence-electron chi connectivity index (χ0n) is 18.3. The van der Waals surface area contributed by atoms with Crippen LogP contribution < -0.4 is 0 Å². The Balaban J connectivity index is 0.00000729. The molecule has 0 aromatic heterocycles. The van der Waals surface area contributed by atoms with Crippen molar-refractivity contribution in [1.82, 2.24) is 0 Å². The van der Waals surface area contributed by atoms with Crippen LogP contribution >= 0.6 is 22.6 Å². The van der Waals surface area contributed by atoms with Crippen LogP contribution in [0.3, 0.4) is 0 Å². The summed E-state index contributed by atoms with van der Waals surface area (Å²) in [7, 11) is 0. The molecular formula is C26H46INa. The number of aryl methyl sites for hydroxylation is 1. The summed E-state index contributed by atoms with van der Waals surface area (Å²) in [5.74, 6) is 0. The molecule has 0 nitrogen and oxygen atoms in total. The van der Waals surface area contributed by atoms with Gasteiger partial charge in [-0.25, -0.2) is 0 Å². The van der Waals surface area contributed by atoms with Crippen LogP contribution in [0.2, 0.25) is 0 Å². The van der Waals surface area contributed by atoms with Gasteiger partial charge in [0.05, 0.1) is 0 Å². The molecule has 0 fully saturated rings. The zero-order chi connectivity index (χ0) is 19.6. The first kappa shape index (κ1) is 28.9. The van der Waals surface area contributed by atoms with Gasteiger partial charge in [0.1, 0.15) is 0 Å². The first-order valence-electron chi connectivity index (χ1n) is 11.9. The van der Waals surface area contributed by atoms with E-state index in [1.54, 1.807) is 0 Å². The summed E-state index contributed by atoms with van der Waals surface area (Å²) >= 11 is 2.66. The molecule has 0 radical (unpaired) electrons. The Kier molecular flexibility index (Phi) is 21.9. The molecule has 0 saturated carbocycles. The van der Waals surface area contributed by atoms with Crippen LogP contribution in [0.15, 0.2) is 24.3 Å². The van der Waals surface area contributed by atoms with Gasteiger partial charge in [0, 0.05) is 3.92 Å². The average molecular weight is 509 g/mol. The Morgan fingerprint density at radius 2 is 1.11 bits per heavy atom. The first-order chi connectivity index (χ1) is 13.2. The average Bonchev–Trinajstić information content (AvgIpc) is 2.66. The predicted molar refractivity (Wildman–Crippen MR) is 139 cm³/mol. The van der Waals surface area contributed by atoms with Crippen molar-refractivity contribution in [2.75, 3.05) is 0 Å². The fourth-order valence-electron chi connectivity index (χ4n) is 3.92. The number of hydrogen-bond donors (Lipinski definition) is 0. The number of hydrogen-bond acceptors (Lipinski definition) is 0. The van der Waals surface area contributed by atoms with Crippen molar-refractivity contribution < 1.29 is 0 Å². The first-order valence-corrected chi connectivity index (χ1v) is 13.2. The van der Waals surface area contributed by atoms with Gasteiger partial charge in [-0.1, -0.05) is 150 Å². The van der Waals surface area contributed by atoms with E-state index >= 15 is 0 Å². The molecule has 1 aromatic carbocycles. The van der Waals surface area contributed by atoms with Gasteiger partial charge in [-0.2, -0.15) is 0 Å². The van der Waals surface area contributed by atoms with E-state index in [0.29, 0.717) is 0 Å². The summed E-state index contributed by atoms with van der Waals surface area (Å²) in [6.07, 6.45) is 24.4. The van der Waals surface area contributed by atoms with Gasteiger partial charge in [-0.05, 0) is 30.9 Å². The minimum atomic E-state index is 0. The number of unbranched alkanes of at least 4 members (excludes halogenated alkanes) is 14. The quantitative estimate of drug-likeness (QED) is 0.0804. The van der Waals surface area contributed by atoms with Crippen LogP contribution in [0.4, 0.5) is 0 Å². The summed E-state index contributed by atoms with van der Waals surface area (Å²) in [6.45, 7) is 4.54. The van der Waals surface area contributed by atoms with E-state index < -0.39 is 0 Å². The molecule has 28 heavy (non-hydrogen) atoms. The second-order valence-corrected chi connectivity index (χ2v) is 10.2. The molecule has 0 heterocycles. The van der Waals surface area contributed by atoms with Crippen molar-refractivity contribution in [2.45, 2.75) is 127 Å². The third-order valence-electron chi connectivity index (χ3n) is 5.82. The Morgan fingerprint density at radius 3 is 1.57 bits per heavy atom. The predicted octanol–water partition coefficient (Wildman–Crippen LogP) is 8.95. The molecule has 0 amide bonds. The molecule has 0 aliphatic heterocycles. The summed E-state index contributed by atoms with van der Waals surface area (Å²) in [5, 5.41) is 0. The fourth-order valence-corrected chi connectivity index (χ4v) is 4.83. The van der Waals surface area contributed by atoms with E-state index in [9.17, 15) is 0 Å². The molecule has 158 valence electrons. The van der Waals surface area contributed by atoms with Gasteiger partial charge in [0.15, 0.2) is 0 Å². The van der Waals surface area contributed by atoms with Crippen molar-refractivity contribution >= 4 is 52.1 Å². The zero-order valence-corrected chi connectivity index (χ0v) is 20.4. The van der Waals surface area contributed by atoms with Gasteiger partial charge in [-0.3, -0.25) is 0 Å². The second-order valence-electron chi connectivity index (χ2n) is 8.47. The monoisotopic (exact) mass is 508 g/mol. The molecule has 0 N–H and O–H groups in total. The minimum absolute atomic E-state index is 0. The number of benzene rings is 1. The van der Waals surface area contributed by atoms with Gasteiger partial charge in [0.25, 0.3) is 0 Å².